The number of hydrogen-bond donors (Lipinski definition) is 1. The summed E-state index contributed by atoms with van der Waals surface area (Å²) in [5.41, 5.74) is 3.28. The summed E-state index contributed by atoms with van der Waals surface area (Å²) in [6, 6.07) is 8.17. The Morgan fingerprint density at radius 2 is 2.04 bits per heavy atom. The maximum Gasteiger partial charge on any atom is 0.252 e. The Bertz CT molecular complexity index is 884. The Kier molecular flexibility index (Phi) is 4.85. The predicted octanol–water partition coefficient (Wildman–Crippen LogP) is 5.53. The van der Waals surface area contributed by atoms with Gasteiger partial charge in [-0.3, -0.25) is 4.79 Å². The van der Waals surface area contributed by atoms with Crippen molar-refractivity contribution in [3.05, 3.63) is 46.8 Å². The second-order valence-electron chi connectivity index (χ2n) is 9.22. The number of hydrogen-bond acceptors (Lipinski definition) is 4. The van der Waals surface area contributed by atoms with Gasteiger partial charge in [-0.15, -0.1) is 11.8 Å². The Hall–Kier alpha value is -1.75. The number of carbonyl (C=O) groups is 1. The van der Waals surface area contributed by atoms with Gasteiger partial charge in [-0.1, -0.05) is 38.1 Å². The van der Waals surface area contributed by atoms with Gasteiger partial charge in [-0.25, -0.2) is 0 Å². The molecule has 2 aliphatic carbocycles. The Morgan fingerprint density at radius 3 is 2.64 bits per heavy atom. The first kappa shape index (κ1) is 19.6. The van der Waals surface area contributed by atoms with Gasteiger partial charge in [0.1, 0.15) is 5.76 Å². The summed E-state index contributed by atoms with van der Waals surface area (Å²) in [5, 5.41) is 7.43. The molecule has 1 amide bonds. The summed E-state index contributed by atoms with van der Waals surface area (Å²) in [4.78, 5) is 14.2. The van der Waals surface area contributed by atoms with Crippen LogP contribution in [-0.2, 0) is 5.75 Å². The van der Waals surface area contributed by atoms with E-state index in [1.54, 1.807) is 11.8 Å². The Balaban J connectivity index is 1.50. The quantitative estimate of drug-likeness (QED) is 0.673. The average molecular weight is 399 g/mol. The lowest BCUT2D eigenvalue weighted by Crippen LogP contribution is -2.47. The fourth-order valence-corrected chi connectivity index (χ4v) is 6.50. The predicted molar refractivity (Wildman–Crippen MR) is 112 cm³/mol. The van der Waals surface area contributed by atoms with Crippen molar-refractivity contribution in [2.75, 3.05) is 0 Å². The van der Waals surface area contributed by atoms with Crippen molar-refractivity contribution < 1.29 is 9.32 Å². The van der Waals surface area contributed by atoms with Crippen LogP contribution in [0.5, 0.6) is 0 Å². The molecule has 0 saturated heterocycles. The fraction of sp³-hybridized carbons (Fsp3) is 0.565. The van der Waals surface area contributed by atoms with Crippen molar-refractivity contribution in [1.29, 1.82) is 0 Å². The molecule has 2 fully saturated rings. The van der Waals surface area contributed by atoms with E-state index in [1.807, 2.05) is 38.1 Å². The van der Waals surface area contributed by atoms with E-state index in [0.717, 1.165) is 39.7 Å². The molecular weight excluding hydrogens is 368 g/mol. The first-order valence-electron chi connectivity index (χ1n) is 10.2. The van der Waals surface area contributed by atoms with Gasteiger partial charge in [-0.2, -0.15) is 0 Å². The highest BCUT2D eigenvalue weighted by Gasteiger charge is 2.61. The van der Waals surface area contributed by atoms with Crippen molar-refractivity contribution >= 4 is 17.7 Å². The highest BCUT2D eigenvalue weighted by molar-refractivity contribution is 7.98. The monoisotopic (exact) mass is 398 g/mol. The first-order valence-corrected chi connectivity index (χ1v) is 11.2. The largest absolute Gasteiger partial charge is 0.361 e. The molecule has 0 aliphatic heterocycles. The first-order chi connectivity index (χ1) is 13.2. The van der Waals surface area contributed by atoms with Crippen molar-refractivity contribution in [2.45, 2.75) is 70.6 Å². The second-order valence-corrected chi connectivity index (χ2v) is 10.2. The minimum atomic E-state index is 0.0523. The fourth-order valence-electron chi connectivity index (χ4n) is 5.30. The lowest BCUT2D eigenvalue weighted by molar-refractivity contribution is 0.0823. The van der Waals surface area contributed by atoms with Crippen molar-refractivity contribution in [2.24, 2.45) is 16.7 Å². The number of thioether (sulfide) groups is 1. The van der Waals surface area contributed by atoms with Gasteiger partial charge >= 0.3 is 0 Å². The van der Waals surface area contributed by atoms with Gasteiger partial charge in [-0.05, 0) is 62.0 Å². The number of aryl methyl sites for hydroxylation is 2. The molecule has 2 aliphatic rings. The molecular formula is C23H30N2O2S. The van der Waals surface area contributed by atoms with Crippen LogP contribution in [0.2, 0.25) is 0 Å². The van der Waals surface area contributed by atoms with E-state index >= 15 is 0 Å². The van der Waals surface area contributed by atoms with Crippen molar-refractivity contribution in [3.63, 3.8) is 0 Å². The molecule has 0 unspecified atom stereocenters. The van der Waals surface area contributed by atoms with E-state index in [4.69, 9.17) is 4.52 Å². The van der Waals surface area contributed by atoms with Gasteiger partial charge in [0.25, 0.3) is 5.91 Å². The van der Waals surface area contributed by atoms with Crippen LogP contribution in [-0.4, -0.2) is 17.1 Å². The van der Waals surface area contributed by atoms with Crippen LogP contribution >= 0.6 is 11.8 Å². The van der Waals surface area contributed by atoms with Crippen LogP contribution in [0.3, 0.4) is 0 Å². The third-order valence-electron chi connectivity index (χ3n) is 7.78. The highest BCUT2D eigenvalue weighted by Crippen LogP contribution is 2.65. The van der Waals surface area contributed by atoms with E-state index < -0.39 is 0 Å². The summed E-state index contributed by atoms with van der Waals surface area (Å²) < 4.78 is 5.27. The number of carbonyl (C=O) groups excluding carboxylic acids is 1. The maximum absolute atomic E-state index is 13.2. The number of nitrogens with zero attached hydrogens (tertiary/aromatic N) is 1. The molecule has 150 valence electrons. The number of aromatic nitrogens is 1. The van der Waals surface area contributed by atoms with E-state index in [2.05, 4.69) is 31.2 Å². The lowest BCUT2D eigenvalue weighted by Gasteiger charge is -2.39. The third-order valence-corrected chi connectivity index (χ3v) is 8.88. The second kappa shape index (κ2) is 6.94. The summed E-state index contributed by atoms with van der Waals surface area (Å²) in [6.07, 6.45) is 3.60. The third kappa shape index (κ3) is 2.99. The van der Waals surface area contributed by atoms with Crippen LogP contribution in [0, 0.1) is 30.6 Å². The van der Waals surface area contributed by atoms with Crippen molar-refractivity contribution in [3.8, 4) is 0 Å². The number of amides is 1. The van der Waals surface area contributed by atoms with Crippen LogP contribution in [0.25, 0.3) is 0 Å². The number of rotatable bonds is 5. The summed E-state index contributed by atoms with van der Waals surface area (Å²) >= 11 is 1.67. The molecule has 0 spiro atoms. The molecule has 2 aromatic rings. The maximum atomic E-state index is 13.2. The number of fused-ring (bicyclic) bond motifs is 2. The summed E-state index contributed by atoms with van der Waals surface area (Å²) in [7, 11) is 0. The minimum Gasteiger partial charge on any atom is -0.361 e. The van der Waals surface area contributed by atoms with Crippen LogP contribution in [0.1, 0.15) is 67.4 Å². The molecule has 1 N–H and O–H groups in total. The molecule has 1 heterocycles. The molecule has 4 nitrogen and oxygen atoms in total. The van der Waals surface area contributed by atoms with E-state index in [-0.39, 0.29) is 17.4 Å². The topological polar surface area (TPSA) is 55.1 Å². The van der Waals surface area contributed by atoms with Gasteiger partial charge in [0.05, 0.1) is 11.3 Å². The molecule has 3 atom stereocenters. The number of nitrogens with one attached hydrogen (secondary N) is 1. The van der Waals surface area contributed by atoms with Gasteiger partial charge in [0.2, 0.25) is 0 Å². The van der Waals surface area contributed by atoms with E-state index in [9.17, 15) is 4.79 Å². The molecule has 1 aromatic heterocycles. The SMILES string of the molecule is Cc1noc(C)c1CSc1ccccc1C(=O)N[C@@H]1C[C@H]2CC[C@@]1(C)C2(C)C. The minimum absolute atomic E-state index is 0.0523. The molecule has 1 aromatic carbocycles. The van der Waals surface area contributed by atoms with Crippen LogP contribution < -0.4 is 5.32 Å². The Labute approximate surface area is 171 Å². The highest BCUT2D eigenvalue weighted by atomic mass is 32.2. The Morgan fingerprint density at radius 1 is 1.29 bits per heavy atom. The average Bonchev–Trinajstić information content (AvgIpc) is 3.17. The van der Waals surface area contributed by atoms with Gasteiger partial charge < -0.3 is 9.84 Å². The zero-order chi connectivity index (χ0) is 20.1. The smallest absolute Gasteiger partial charge is 0.252 e. The van der Waals surface area contributed by atoms with E-state index in [0.29, 0.717) is 11.3 Å². The molecule has 2 saturated carbocycles. The zero-order valence-electron chi connectivity index (χ0n) is 17.5. The normalized spacial score (nSPS) is 27.9. The molecule has 5 heteroatoms. The summed E-state index contributed by atoms with van der Waals surface area (Å²) in [5.74, 6) is 2.37. The lowest BCUT2D eigenvalue weighted by atomic mass is 9.69. The van der Waals surface area contributed by atoms with Gasteiger partial charge in [0.15, 0.2) is 0 Å². The molecule has 2 bridgehead atoms. The van der Waals surface area contributed by atoms with E-state index in [1.165, 1.54) is 12.8 Å². The standard InChI is InChI=1S/C23H30N2O2S/c1-14-18(15(2)27-25-14)13-28-19-9-7-6-8-17(19)21(26)24-20-12-16-10-11-23(20,5)22(16,3)4/h6-9,16,20H,10-13H2,1-5H3,(H,24,26)/t16-,20-,23-/m1/s1. The van der Waals surface area contributed by atoms with Crippen LogP contribution in [0.15, 0.2) is 33.7 Å². The zero-order valence-corrected chi connectivity index (χ0v) is 18.3. The van der Waals surface area contributed by atoms with Crippen molar-refractivity contribution in [1.82, 2.24) is 10.5 Å². The molecule has 0 radical (unpaired) electrons. The van der Waals surface area contributed by atoms with Gasteiger partial charge in [0, 0.05) is 22.3 Å². The number of benzene rings is 1. The van der Waals surface area contributed by atoms with Crippen LogP contribution in [0.4, 0.5) is 0 Å². The summed E-state index contributed by atoms with van der Waals surface area (Å²) in [6.45, 7) is 11.0. The molecule has 4 rings (SSSR count). The molecule has 28 heavy (non-hydrogen) atoms.